The van der Waals surface area contributed by atoms with Gasteiger partial charge in [0.1, 0.15) is 0 Å². The summed E-state index contributed by atoms with van der Waals surface area (Å²) in [5.41, 5.74) is 5.42. The van der Waals surface area contributed by atoms with Crippen LogP contribution in [0, 0.1) is 0 Å². The molecule has 6 heteroatoms. The number of aliphatic hydroxyl groups excluding tert-OH is 1. The van der Waals surface area contributed by atoms with Crippen molar-refractivity contribution in [2.75, 3.05) is 25.4 Å². The molecule has 0 saturated carbocycles. The molecule has 1 atom stereocenters. The van der Waals surface area contributed by atoms with Crippen molar-refractivity contribution < 1.29 is 5.11 Å². The zero-order valence-corrected chi connectivity index (χ0v) is 9.30. The summed E-state index contributed by atoms with van der Waals surface area (Å²) in [4.78, 5) is 2.16. The number of hydrogen-bond donors (Lipinski definition) is 2. The molecule has 1 unspecified atom stereocenters. The van der Waals surface area contributed by atoms with Gasteiger partial charge in [-0.05, 0) is 13.1 Å². The van der Waals surface area contributed by atoms with Crippen LogP contribution in [0.4, 0.5) is 5.82 Å². The molecule has 86 valence electrons. The lowest BCUT2D eigenvalue weighted by atomic mass is 10.3. The van der Waals surface area contributed by atoms with E-state index in [-0.39, 0.29) is 0 Å². The first-order valence-corrected chi connectivity index (χ1v) is 5.21. The van der Waals surface area contributed by atoms with Crippen molar-refractivity contribution in [2.24, 2.45) is 0 Å². The molecular weight excluding hydrogens is 194 g/mol. The third kappa shape index (κ3) is 3.85. The number of rotatable bonds is 6. The molecule has 0 aromatic carbocycles. The summed E-state index contributed by atoms with van der Waals surface area (Å²) in [5, 5.41) is 17.2. The summed E-state index contributed by atoms with van der Waals surface area (Å²) < 4.78 is 1.56. The van der Waals surface area contributed by atoms with Crippen molar-refractivity contribution in [3.8, 4) is 0 Å². The molecule has 6 nitrogen and oxygen atoms in total. The first-order valence-electron chi connectivity index (χ1n) is 5.21. The monoisotopic (exact) mass is 213 g/mol. The van der Waals surface area contributed by atoms with Gasteiger partial charge in [0.05, 0.1) is 18.8 Å². The van der Waals surface area contributed by atoms with Crippen LogP contribution >= 0.6 is 0 Å². The molecule has 1 heterocycles. The van der Waals surface area contributed by atoms with Gasteiger partial charge in [-0.15, -0.1) is 5.10 Å². The number of nitrogens with two attached hydrogens (primary N) is 1. The molecule has 0 aliphatic heterocycles. The molecule has 1 aromatic rings. The molecule has 0 aliphatic carbocycles. The molecule has 0 saturated heterocycles. The Bertz CT molecular complexity index is 284. The number of nitrogen functional groups attached to an aromatic ring is 1. The summed E-state index contributed by atoms with van der Waals surface area (Å²) in [6, 6.07) is 0. The van der Waals surface area contributed by atoms with Crippen LogP contribution in [0.5, 0.6) is 0 Å². The average molecular weight is 213 g/mol. The van der Waals surface area contributed by atoms with Crippen molar-refractivity contribution >= 4 is 5.82 Å². The number of aromatic nitrogens is 3. The minimum absolute atomic E-state index is 0.380. The molecule has 0 fully saturated rings. The molecule has 1 aromatic heterocycles. The van der Waals surface area contributed by atoms with Crippen LogP contribution in [0.15, 0.2) is 6.20 Å². The number of likely N-dealkylation sites (N-methyl/N-ethyl adjacent to an activating group) is 1. The SMILES string of the molecule is CCN(CC)CC(O)Cn1cc(N)nn1. The van der Waals surface area contributed by atoms with Crippen LogP contribution in [-0.2, 0) is 6.54 Å². The molecule has 0 amide bonds. The summed E-state index contributed by atoms with van der Waals surface area (Å²) in [7, 11) is 0. The van der Waals surface area contributed by atoms with Crippen LogP contribution < -0.4 is 5.73 Å². The van der Waals surface area contributed by atoms with Gasteiger partial charge in [-0.3, -0.25) is 0 Å². The van der Waals surface area contributed by atoms with Crippen molar-refractivity contribution in [3.05, 3.63) is 6.20 Å². The quantitative estimate of drug-likeness (QED) is 0.670. The highest BCUT2D eigenvalue weighted by Crippen LogP contribution is 1.98. The fraction of sp³-hybridized carbons (Fsp3) is 0.778. The van der Waals surface area contributed by atoms with Gasteiger partial charge >= 0.3 is 0 Å². The maximum absolute atomic E-state index is 9.77. The lowest BCUT2D eigenvalue weighted by Gasteiger charge is -2.21. The second kappa shape index (κ2) is 5.67. The van der Waals surface area contributed by atoms with Gasteiger partial charge in [-0.1, -0.05) is 19.1 Å². The zero-order chi connectivity index (χ0) is 11.3. The summed E-state index contributed by atoms with van der Waals surface area (Å²) in [6.45, 7) is 7.10. The predicted molar refractivity (Wildman–Crippen MR) is 58.2 cm³/mol. The Labute approximate surface area is 89.7 Å². The van der Waals surface area contributed by atoms with Gasteiger partial charge in [0, 0.05) is 6.54 Å². The van der Waals surface area contributed by atoms with Gasteiger partial charge in [0.15, 0.2) is 5.82 Å². The van der Waals surface area contributed by atoms with E-state index in [0.717, 1.165) is 13.1 Å². The van der Waals surface area contributed by atoms with Gasteiger partial charge in [-0.2, -0.15) is 0 Å². The second-order valence-corrected chi connectivity index (χ2v) is 3.51. The number of nitrogens with zero attached hydrogens (tertiary/aromatic N) is 4. The Hall–Kier alpha value is -1.14. The maximum atomic E-state index is 9.77. The van der Waals surface area contributed by atoms with Crippen molar-refractivity contribution in [3.63, 3.8) is 0 Å². The van der Waals surface area contributed by atoms with E-state index in [1.54, 1.807) is 10.9 Å². The molecule has 1 rings (SSSR count). The Morgan fingerprint density at radius 1 is 1.53 bits per heavy atom. The van der Waals surface area contributed by atoms with Crippen LogP contribution in [0.2, 0.25) is 0 Å². The molecule has 0 bridgehead atoms. The molecule has 15 heavy (non-hydrogen) atoms. The van der Waals surface area contributed by atoms with Gasteiger partial charge in [-0.25, -0.2) is 4.68 Å². The minimum atomic E-state index is -0.439. The topological polar surface area (TPSA) is 80.2 Å². The van der Waals surface area contributed by atoms with Crippen molar-refractivity contribution in [1.82, 2.24) is 19.9 Å². The zero-order valence-electron chi connectivity index (χ0n) is 9.30. The van der Waals surface area contributed by atoms with Crippen molar-refractivity contribution in [1.29, 1.82) is 0 Å². The highest BCUT2D eigenvalue weighted by molar-refractivity contribution is 5.19. The van der Waals surface area contributed by atoms with E-state index in [2.05, 4.69) is 29.1 Å². The standard InChI is InChI=1S/C9H19N5O/c1-3-13(4-2)5-8(15)6-14-7-9(10)11-12-14/h7-8,15H,3-6,10H2,1-2H3. The lowest BCUT2D eigenvalue weighted by Crippen LogP contribution is -2.34. The van der Waals surface area contributed by atoms with Crippen LogP contribution in [-0.4, -0.2) is 50.7 Å². The summed E-state index contributed by atoms with van der Waals surface area (Å²) in [5.74, 6) is 0.380. The minimum Gasteiger partial charge on any atom is -0.390 e. The second-order valence-electron chi connectivity index (χ2n) is 3.51. The molecular formula is C9H19N5O. The third-order valence-electron chi connectivity index (χ3n) is 2.32. The smallest absolute Gasteiger partial charge is 0.165 e. The normalized spacial score (nSPS) is 13.3. The molecule has 3 N–H and O–H groups in total. The van der Waals surface area contributed by atoms with E-state index in [1.165, 1.54) is 0 Å². The fourth-order valence-corrected chi connectivity index (χ4v) is 1.46. The number of hydrogen-bond acceptors (Lipinski definition) is 5. The van der Waals surface area contributed by atoms with Crippen LogP contribution in [0.1, 0.15) is 13.8 Å². The van der Waals surface area contributed by atoms with E-state index in [4.69, 9.17) is 5.73 Å². The van der Waals surface area contributed by atoms with E-state index >= 15 is 0 Å². The Morgan fingerprint density at radius 3 is 2.67 bits per heavy atom. The summed E-state index contributed by atoms with van der Waals surface area (Å²) >= 11 is 0. The van der Waals surface area contributed by atoms with Crippen LogP contribution in [0.25, 0.3) is 0 Å². The molecule has 0 radical (unpaired) electrons. The highest BCUT2D eigenvalue weighted by Gasteiger charge is 2.10. The third-order valence-corrected chi connectivity index (χ3v) is 2.32. The number of anilines is 1. The number of aliphatic hydroxyl groups is 1. The highest BCUT2D eigenvalue weighted by atomic mass is 16.3. The maximum Gasteiger partial charge on any atom is 0.165 e. The molecule has 0 aliphatic rings. The van der Waals surface area contributed by atoms with Gasteiger partial charge in [0.2, 0.25) is 0 Å². The molecule has 0 spiro atoms. The van der Waals surface area contributed by atoms with E-state index < -0.39 is 6.10 Å². The Kier molecular flexibility index (Phi) is 4.51. The lowest BCUT2D eigenvalue weighted by molar-refractivity contribution is 0.0991. The van der Waals surface area contributed by atoms with Crippen molar-refractivity contribution in [2.45, 2.75) is 26.5 Å². The first kappa shape index (κ1) is 11.9. The van der Waals surface area contributed by atoms with E-state index in [1.807, 2.05) is 0 Å². The van der Waals surface area contributed by atoms with Crippen LogP contribution in [0.3, 0.4) is 0 Å². The van der Waals surface area contributed by atoms with Gasteiger partial charge < -0.3 is 15.7 Å². The van der Waals surface area contributed by atoms with Gasteiger partial charge in [0.25, 0.3) is 0 Å². The Morgan fingerprint density at radius 2 is 2.20 bits per heavy atom. The Balaban J connectivity index is 2.38. The average Bonchev–Trinajstić information content (AvgIpc) is 2.60. The first-order chi connectivity index (χ1) is 7.15. The largest absolute Gasteiger partial charge is 0.390 e. The predicted octanol–water partition coefficient (Wildman–Crippen LogP) is -0.437. The van der Waals surface area contributed by atoms with E-state index in [0.29, 0.717) is 18.9 Å². The summed E-state index contributed by atoms with van der Waals surface area (Å²) in [6.07, 6.45) is 1.18. The van der Waals surface area contributed by atoms with E-state index in [9.17, 15) is 5.11 Å². The fourth-order valence-electron chi connectivity index (χ4n) is 1.46.